The van der Waals surface area contributed by atoms with Crippen LogP contribution in [0.5, 0.6) is 0 Å². The average Bonchev–Trinajstić information content (AvgIpc) is 2.86. The summed E-state index contributed by atoms with van der Waals surface area (Å²) in [7, 11) is 1.57. The number of nitriles is 1. The van der Waals surface area contributed by atoms with Gasteiger partial charge in [-0.3, -0.25) is 4.79 Å². The predicted octanol–water partition coefficient (Wildman–Crippen LogP) is -0.875. The van der Waals surface area contributed by atoms with E-state index < -0.39 is 0 Å². The molecule has 0 saturated heterocycles. The van der Waals surface area contributed by atoms with Crippen LogP contribution in [0.25, 0.3) is 0 Å². The number of hydrogen-bond donors (Lipinski definition) is 1. The van der Waals surface area contributed by atoms with E-state index >= 15 is 0 Å². The smallest absolute Gasteiger partial charge is 0.244 e. The van der Waals surface area contributed by atoms with Crippen LogP contribution in [0.1, 0.15) is 12.1 Å². The molecule has 1 amide bonds. The van der Waals surface area contributed by atoms with E-state index in [0.29, 0.717) is 31.8 Å². The maximum Gasteiger partial charge on any atom is 0.244 e. The highest BCUT2D eigenvalue weighted by atomic mass is 16.5. The SMILES string of the molecule is COCCN(CCC#N)C(=O)Cn1cc(CN)nn1. The Kier molecular flexibility index (Phi) is 6.49. The molecule has 104 valence electrons. The largest absolute Gasteiger partial charge is 0.383 e. The van der Waals surface area contributed by atoms with Crippen molar-refractivity contribution in [3.05, 3.63) is 11.9 Å². The van der Waals surface area contributed by atoms with Gasteiger partial charge in [-0.2, -0.15) is 5.26 Å². The number of aromatic nitrogens is 3. The van der Waals surface area contributed by atoms with Crippen LogP contribution in [0, 0.1) is 11.3 Å². The highest BCUT2D eigenvalue weighted by molar-refractivity contribution is 5.75. The van der Waals surface area contributed by atoms with Gasteiger partial charge in [-0.25, -0.2) is 4.68 Å². The Morgan fingerprint density at radius 3 is 3.00 bits per heavy atom. The summed E-state index contributed by atoms with van der Waals surface area (Å²) in [5, 5.41) is 16.2. The Hall–Kier alpha value is -1.98. The molecular formula is C11H18N6O2. The Labute approximate surface area is 111 Å². The Morgan fingerprint density at radius 1 is 1.63 bits per heavy atom. The van der Waals surface area contributed by atoms with Crippen LogP contribution < -0.4 is 5.73 Å². The molecule has 0 aliphatic rings. The molecule has 1 aromatic rings. The van der Waals surface area contributed by atoms with Crippen molar-refractivity contribution in [1.82, 2.24) is 19.9 Å². The van der Waals surface area contributed by atoms with Crippen molar-refractivity contribution in [3.8, 4) is 6.07 Å². The van der Waals surface area contributed by atoms with Crippen LogP contribution in [-0.4, -0.2) is 52.6 Å². The maximum absolute atomic E-state index is 12.1. The third kappa shape index (κ3) is 5.03. The maximum atomic E-state index is 12.1. The molecule has 0 aliphatic heterocycles. The number of ether oxygens (including phenoxy) is 1. The van der Waals surface area contributed by atoms with Crippen molar-refractivity contribution >= 4 is 5.91 Å². The summed E-state index contributed by atoms with van der Waals surface area (Å²) in [5.41, 5.74) is 6.05. The summed E-state index contributed by atoms with van der Waals surface area (Å²) in [5.74, 6) is -0.124. The summed E-state index contributed by atoms with van der Waals surface area (Å²) >= 11 is 0. The molecular weight excluding hydrogens is 248 g/mol. The van der Waals surface area contributed by atoms with Gasteiger partial charge in [0.25, 0.3) is 0 Å². The molecule has 0 aliphatic carbocycles. The van der Waals surface area contributed by atoms with Crippen molar-refractivity contribution in [3.63, 3.8) is 0 Å². The molecule has 0 fully saturated rings. The summed E-state index contributed by atoms with van der Waals surface area (Å²) < 4.78 is 6.39. The lowest BCUT2D eigenvalue weighted by Gasteiger charge is -2.20. The van der Waals surface area contributed by atoms with Crippen LogP contribution in [0.15, 0.2) is 6.20 Å². The molecule has 1 aromatic heterocycles. The van der Waals surface area contributed by atoms with Gasteiger partial charge in [0, 0.05) is 26.7 Å². The first kappa shape index (κ1) is 15.1. The number of methoxy groups -OCH3 is 1. The van der Waals surface area contributed by atoms with Gasteiger partial charge in [0.05, 0.1) is 31.0 Å². The van der Waals surface area contributed by atoms with Gasteiger partial charge < -0.3 is 15.4 Å². The second-order valence-corrected chi connectivity index (χ2v) is 3.89. The topological polar surface area (TPSA) is 110 Å². The fourth-order valence-electron chi connectivity index (χ4n) is 1.50. The normalized spacial score (nSPS) is 10.2. The first-order valence-electron chi connectivity index (χ1n) is 5.94. The zero-order valence-corrected chi connectivity index (χ0v) is 10.9. The fraction of sp³-hybridized carbons (Fsp3) is 0.636. The molecule has 0 atom stereocenters. The number of nitrogens with zero attached hydrogens (tertiary/aromatic N) is 5. The molecule has 0 saturated carbocycles. The minimum absolute atomic E-state index is 0.0855. The number of hydrogen-bond acceptors (Lipinski definition) is 6. The standard InChI is InChI=1S/C11H18N6O2/c1-19-6-5-16(4-2-3-12)11(18)9-17-8-10(7-13)14-15-17/h8H,2,4-7,9,13H2,1H3. The summed E-state index contributed by atoms with van der Waals surface area (Å²) in [6.45, 7) is 1.65. The monoisotopic (exact) mass is 266 g/mol. The van der Waals surface area contributed by atoms with E-state index in [9.17, 15) is 4.79 Å². The fourth-order valence-corrected chi connectivity index (χ4v) is 1.50. The molecule has 0 aromatic carbocycles. The van der Waals surface area contributed by atoms with Crippen molar-refractivity contribution in [2.24, 2.45) is 5.73 Å². The molecule has 8 heteroatoms. The number of amides is 1. The van der Waals surface area contributed by atoms with E-state index in [1.54, 1.807) is 18.2 Å². The molecule has 19 heavy (non-hydrogen) atoms. The number of carbonyl (C=O) groups is 1. The zero-order chi connectivity index (χ0) is 14.1. The van der Waals surface area contributed by atoms with Gasteiger partial charge in [0.15, 0.2) is 0 Å². The first-order valence-corrected chi connectivity index (χ1v) is 5.94. The lowest BCUT2D eigenvalue weighted by Crippen LogP contribution is -2.37. The lowest BCUT2D eigenvalue weighted by molar-refractivity contribution is -0.132. The second-order valence-electron chi connectivity index (χ2n) is 3.89. The molecule has 0 unspecified atom stereocenters. The minimum Gasteiger partial charge on any atom is -0.383 e. The summed E-state index contributed by atoms with van der Waals surface area (Å²) in [4.78, 5) is 13.6. The molecule has 0 spiro atoms. The molecule has 0 bridgehead atoms. The number of nitrogens with two attached hydrogens (primary N) is 1. The van der Waals surface area contributed by atoms with Gasteiger partial charge in [0.2, 0.25) is 5.91 Å². The van der Waals surface area contributed by atoms with Crippen molar-refractivity contribution in [2.75, 3.05) is 26.8 Å². The predicted molar refractivity (Wildman–Crippen MR) is 66.6 cm³/mol. The zero-order valence-electron chi connectivity index (χ0n) is 10.9. The van der Waals surface area contributed by atoms with Crippen LogP contribution in [0.4, 0.5) is 0 Å². The van der Waals surface area contributed by atoms with Gasteiger partial charge >= 0.3 is 0 Å². The van der Waals surface area contributed by atoms with E-state index in [0.717, 1.165) is 0 Å². The van der Waals surface area contributed by atoms with E-state index in [2.05, 4.69) is 10.3 Å². The van der Waals surface area contributed by atoms with Gasteiger partial charge in [-0.1, -0.05) is 5.21 Å². The van der Waals surface area contributed by atoms with Crippen LogP contribution in [0.2, 0.25) is 0 Å². The number of carbonyl (C=O) groups excluding carboxylic acids is 1. The Balaban J connectivity index is 2.57. The number of rotatable bonds is 8. The summed E-state index contributed by atoms with van der Waals surface area (Å²) in [6.07, 6.45) is 1.93. The van der Waals surface area contributed by atoms with E-state index in [1.165, 1.54) is 4.68 Å². The Morgan fingerprint density at radius 2 is 2.42 bits per heavy atom. The molecule has 0 radical (unpaired) electrons. The van der Waals surface area contributed by atoms with Crippen molar-refractivity contribution in [2.45, 2.75) is 19.5 Å². The van der Waals surface area contributed by atoms with E-state index in [4.69, 9.17) is 15.7 Å². The van der Waals surface area contributed by atoms with Gasteiger partial charge in [-0.15, -0.1) is 5.10 Å². The third-order valence-corrected chi connectivity index (χ3v) is 2.50. The highest BCUT2D eigenvalue weighted by Gasteiger charge is 2.14. The van der Waals surface area contributed by atoms with Gasteiger partial charge in [0.1, 0.15) is 6.54 Å². The minimum atomic E-state index is -0.124. The first-order chi connectivity index (χ1) is 9.21. The average molecular weight is 266 g/mol. The quantitative estimate of drug-likeness (QED) is 0.654. The summed E-state index contributed by atoms with van der Waals surface area (Å²) in [6, 6.07) is 2.02. The van der Waals surface area contributed by atoms with E-state index in [1.807, 2.05) is 6.07 Å². The Bertz CT molecular complexity index is 439. The van der Waals surface area contributed by atoms with Crippen molar-refractivity contribution in [1.29, 1.82) is 5.26 Å². The van der Waals surface area contributed by atoms with Crippen molar-refractivity contribution < 1.29 is 9.53 Å². The van der Waals surface area contributed by atoms with Crippen LogP contribution >= 0.6 is 0 Å². The molecule has 1 heterocycles. The van der Waals surface area contributed by atoms with Gasteiger partial charge in [-0.05, 0) is 0 Å². The second kappa shape index (κ2) is 8.18. The molecule has 8 nitrogen and oxygen atoms in total. The highest BCUT2D eigenvalue weighted by Crippen LogP contribution is 1.97. The molecule has 1 rings (SSSR count). The third-order valence-electron chi connectivity index (χ3n) is 2.50. The van der Waals surface area contributed by atoms with Crippen LogP contribution in [0.3, 0.4) is 0 Å². The van der Waals surface area contributed by atoms with E-state index in [-0.39, 0.29) is 19.0 Å². The van der Waals surface area contributed by atoms with Crippen LogP contribution in [-0.2, 0) is 22.6 Å². The molecule has 2 N–H and O–H groups in total. The lowest BCUT2D eigenvalue weighted by atomic mass is 10.3.